The van der Waals surface area contributed by atoms with Crippen molar-refractivity contribution >= 4 is 121 Å². The molecule has 0 spiro atoms. The number of nitro groups is 2. The lowest BCUT2D eigenvalue weighted by Gasteiger charge is -2.24. The number of aryl methyl sites for hydroxylation is 1. The molecule has 16 N–H and O–H groups in total. The number of primary amides is 4. The second-order valence-corrected chi connectivity index (χ2v) is 27.0. The van der Waals surface area contributed by atoms with Gasteiger partial charge >= 0.3 is 5.69 Å². The molecule has 4 aliphatic rings. The molecule has 4 aliphatic carbocycles. The van der Waals surface area contributed by atoms with Crippen LogP contribution in [0.2, 0.25) is 0 Å². The fourth-order valence-corrected chi connectivity index (χ4v) is 13.4. The standard InChI is InChI=1S/C19H26N4O2.C18H25N3O4.C18H27N3O2.C15H18FNO3.C3H8N2O.CBrN.ClH.H2/c1-12(18(25)13-5-3-2-4-6-13)14-7-8-16-15(11-14)22-19(21)23(16)10-9-17(20)24;1-12(18(23)13-5-3-2-4-6-13)14-7-8-15(16(11-14)21(24)25)20-10-9-17(19)22;1-12(18(23)13-5-3-2-4-6-13)14-7-8-16(15(19)11-14)21-10-9-17(20)22;1-10(15(18)11-5-3-2-4-6-11)12-7-8-13(16)14(9-12)17(19)20;4-2-1-3(5)6;2-1-3;;/h7-8,11-13H,2-6,9-10H2,1H3,(H2,20,24)(H2,21,22);7-8,11-13,20H,2-6,9-10H2,1H3,(H2,19,22);7-8,11-13,21H,2-6,9-10,19H2,1H3,(H2,20,22);7-11H,2-6H2,1H3;1-2,4H2,(H2,5,6);;2*1H. The molecule has 0 radical (unpaired) electrons. The number of benzene rings is 4. The van der Waals surface area contributed by atoms with Crippen molar-refractivity contribution in [1.82, 2.24) is 9.55 Å². The first-order chi connectivity index (χ1) is 48.5. The van der Waals surface area contributed by atoms with Crippen molar-refractivity contribution in [3.8, 4) is 4.98 Å². The highest BCUT2D eigenvalue weighted by Crippen LogP contribution is 2.37. The third-order valence-corrected chi connectivity index (χ3v) is 19.3. The number of imidazole rings is 1. The molecule has 9 rings (SSSR count). The third kappa shape index (κ3) is 29.0. The Morgan fingerprint density at radius 1 is 0.544 bits per heavy atom. The number of aromatic nitrogens is 2. The summed E-state index contributed by atoms with van der Waals surface area (Å²) in [5, 5.41) is 35.3. The molecule has 4 unspecified atom stereocenters. The Morgan fingerprint density at radius 3 is 1.22 bits per heavy atom. The second-order valence-electron chi connectivity index (χ2n) is 26.6. The summed E-state index contributed by atoms with van der Waals surface area (Å²) in [5.41, 5.74) is 42.8. The van der Waals surface area contributed by atoms with E-state index in [0.29, 0.717) is 66.1 Å². The van der Waals surface area contributed by atoms with Gasteiger partial charge in [-0.25, -0.2) is 4.98 Å². The Balaban J connectivity index is 0.000000451. The van der Waals surface area contributed by atoms with Gasteiger partial charge in [0.05, 0.1) is 32.3 Å². The van der Waals surface area contributed by atoms with Gasteiger partial charge in [0, 0.05) is 129 Å². The zero-order valence-electron chi connectivity index (χ0n) is 59.7. The minimum absolute atomic E-state index is 0. The van der Waals surface area contributed by atoms with Crippen LogP contribution in [-0.4, -0.2) is 85.8 Å². The number of nitro benzene ring substituents is 2. The molecule has 4 aromatic carbocycles. The van der Waals surface area contributed by atoms with E-state index in [4.69, 9.17) is 39.7 Å². The highest BCUT2D eigenvalue weighted by molar-refractivity contribution is 9.12. The van der Waals surface area contributed by atoms with Gasteiger partial charge in [-0.3, -0.25) is 58.6 Å². The van der Waals surface area contributed by atoms with Crippen LogP contribution in [0.4, 0.5) is 38.8 Å². The first-order valence-corrected chi connectivity index (χ1v) is 36.2. The van der Waals surface area contributed by atoms with E-state index in [9.17, 15) is 63.0 Å². The summed E-state index contributed by atoms with van der Waals surface area (Å²) in [5.74, 6) is -1.61. The highest BCUT2D eigenvalue weighted by Gasteiger charge is 2.32. The van der Waals surface area contributed by atoms with Crippen LogP contribution in [0, 0.1) is 60.0 Å². The van der Waals surface area contributed by atoms with Gasteiger partial charge in [0.1, 0.15) is 33.8 Å². The van der Waals surface area contributed by atoms with E-state index in [1.54, 1.807) is 28.6 Å². The van der Waals surface area contributed by atoms with Crippen molar-refractivity contribution in [3.05, 3.63) is 121 Å². The van der Waals surface area contributed by atoms with E-state index >= 15 is 0 Å². The quantitative estimate of drug-likeness (QED) is 0.0134. The Morgan fingerprint density at radius 2 is 0.874 bits per heavy atom. The number of rotatable bonds is 27. The van der Waals surface area contributed by atoms with Crippen LogP contribution >= 0.6 is 28.3 Å². The molecular formula is C74H107BrClFN14O12. The number of amides is 4. The van der Waals surface area contributed by atoms with Crippen molar-refractivity contribution in [3.63, 3.8) is 0 Å². The number of hydrogen-bond donors (Lipinski definition) is 9. The molecule has 0 saturated heterocycles. The number of halogens is 3. The molecule has 1 aromatic heterocycles. The second kappa shape index (κ2) is 45.9. The molecule has 0 aliphatic heterocycles. The molecule has 1 heterocycles. The summed E-state index contributed by atoms with van der Waals surface area (Å²) in [6.45, 7) is 8.95. The number of nitrogen functional groups attached to an aromatic ring is 2. The summed E-state index contributed by atoms with van der Waals surface area (Å²) >= 11 is 2.45. The van der Waals surface area contributed by atoms with Crippen molar-refractivity contribution in [1.29, 1.82) is 5.26 Å². The molecule has 4 saturated carbocycles. The number of hydrogen-bond acceptors (Lipinski definition) is 19. The lowest BCUT2D eigenvalue weighted by molar-refractivity contribution is -0.387. The predicted molar refractivity (Wildman–Crippen MR) is 406 cm³/mol. The van der Waals surface area contributed by atoms with Crippen molar-refractivity contribution < 1.29 is 54.0 Å². The van der Waals surface area contributed by atoms with Crippen molar-refractivity contribution in [2.24, 2.45) is 52.3 Å². The molecule has 29 heteroatoms. The summed E-state index contributed by atoms with van der Waals surface area (Å²) in [7, 11) is 0. The smallest absolute Gasteiger partial charge is 0.305 e. The fraction of sp³-hybridized carbons (Fsp3) is 0.541. The van der Waals surface area contributed by atoms with E-state index < -0.39 is 33.2 Å². The van der Waals surface area contributed by atoms with Gasteiger partial charge in [0.15, 0.2) is 0 Å². The Labute approximate surface area is 618 Å². The largest absolute Gasteiger partial charge is 0.397 e. The first-order valence-electron chi connectivity index (χ1n) is 35.4. The summed E-state index contributed by atoms with van der Waals surface area (Å²) in [4.78, 5) is 120. The molecular weight excluding hydrogens is 1410 g/mol. The fourth-order valence-electron chi connectivity index (χ4n) is 13.4. The summed E-state index contributed by atoms with van der Waals surface area (Å²) in [6.07, 6.45) is 22.3. The van der Waals surface area contributed by atoms with E-state index in [1.165, 1.54) is 43.9 Å². The monoisotopic (exact) mass is 1520 g/mol. The third-order valence-electron chi connectivity index (χ3n) is 19.3. The van der Waals surface area contributed by atoms with Gasteiger partial charge in [0.2, 0.25) is 35.4 Å². The molecule has 4 fully saturated rings. The van der Waals surface area contributed by atoms with Crippen LogP contribution in [0.25, 0.3) is 11.0 Å². The number of anilines is 4. The SMILES string of the molecule is CC(C(=O)C1CCCCC1)c1ccc(F)c([N+](=O)[O-])c1.CC(C(=O)C1CCCCC1)c1ccc(NCCC(N)=O)c(N)c1.CC(C(=O)C1CCCCC1)c1ccc(NCCC(N)=O)c([N+](=O)[O-])c1.CC(C(=O)C1CCCCC1)c1ccc2c(c1)nc(N)n2CCC(N)=O.Cl.N#CBr.NCCC(N)=O.[HH]. The molecule has 0 bridgehead atoms. The Bertz CT molecular complexity index is 3700. The average molecular weight is 1520 g/mol. The first kappa shape index (κ1) is 88.3. The maximum Gasteiger partial charge on any atom is 0.305 e. The average Bonchev–Trinajstić information content (AvgIpc) is 1.58. The van der Waals surface area contributed by atoms with Crippen LogP contribution in [0.3, 0.4) is 0 Å². The Kier molecular flexibility index (Phi) is 39.4. The topological polar surface area (TPSA) is 471 Å². The van der Waals surface area contributed by atoms with E-state index in [-0.39, 0.29) is 116 Å². The summed E-state index contributed by atoms with van der Waals surface area (Å²) in [6, 6.07) is 20.0. The summed E-state index contributed by atoms with van der Waals surface area (Å²) < 4.78 is 15.1. The minimum atomic E-state index is -0.865. The van der Waals surface area contributed by atoms with Crippen LogP contribution in [0.1, 0.15) is 229 Å². The van der Waals surface area contributed by atoms with Crippen molar-refractivity contribution in [2.45, 2.75) is 212 Å². The van der Waals surface area contributed by atoms with Crippen LogP contribution in [0.5, 0.6) is 0 Å². The number of carbonyl (C=O) groups excluding carboxylic acids is 8. The lowest BCUT2D eigenvalue weighted by Crippen LogP contribution is -2.22. The maximum absolute atomic E-state index is 13.3. The number of nitrogens with two attached hydrogens (primary N) is 7. The normalized spacial score (nSPS) is 15.7. The van der Waals surface area contributed by atoms with Gasteiger partial charge in [0.25, 0.3) is 5.69 Å². The zero-order chi connectivity index (χ0) is 75.6. The van der Waals surface area contributed by atoms with Crippen LogP contribution < -0.4 is 50.8 Å². The minimum Gasteiger partial charge on any atom is -0.397 e. The molecule has 5 aromatic rings. The molecule has 4 amide bonds. The van der Waals surface area contributed by atoms with Gasteiger partial charge in [-0.2, -0.15) is 9.65 Å². The number of nitriles is 1. The van der Waals surface area contributed by atoms with Gasteiger partial charge in [-0.1, -0.05) is 129 Å². The molecule has 566 valence electrons. The highest BCUT2D eigenvalue weighted by atomic mass is 79.9. The number of nitrogens with one attached hydrogen (secondary N) is 2. The van der Waals surface area contributed by atoms with E-state index in [1.807, 2.05) is 57.2 Å². The molecule has 26 nitrogen and oxygen atoms in total. The number of carbonyl (C=O) groups is 8. The number of ketones is 4. The maximum atomic E-state index is 13.3. The van der Waals surface area contributed by atoms with Crippen molar-refractivity contribution in [2.75, 3.05) is 41.7 Å². The number of Topliss-reactive ketones (excluding diaryl/α,β-unsaturated/α-hetero) is 4. The van der Waals surface area contributed by atoms with Crippen LogP contribution in [-0.2, 0) is 44.9 Å². The number of nitrogens with zero attached hydrogens (tertiary/aromatic N) is 5. The van der Waals surface area contributed by atoms with Gasteiger partial charge < -0.3 is 55.3 Å². The predicted octanol–water partition coefficient (Wildman–Crippen LogP) is 13.0. The van der Waals surface area contributed by atoms with Gasteiger partial charge in [-0.15, -0.1) is 12.4 Å². The lowest BCUT2D eigenvalue weighted by atomic mass is 9.80. The number of fused-ring (bicyclic) bond motifs is 1. The van der Waals surface area contributed by atoms with Gasteiger partial charge in [-0.05, 0) is 110 Å². The Hall–Kier alpha value is -8.94. The molecule has 4 atom stereocenters. The molecule has 103 heavy (non-hydrogen) atoms. The van der Waals surface area contributed by atoms with E-state index in [2.05, 4.69) is 37.3 Å². The van der Waals surface area contributed by atoms with Crippen LogP contribution in [0.15, 0.2) is 72.8 Å². The van der Waals surface area contributed by atoms with E-state index in [0.717, 1.165) is 137 Å². The zero-order valence-corrected chi connectivity index (χ0v) is 62.1.